The second-order valence-corrected chi connectivity index (χ2v) is 8.97. The molecule has 1 fully saturated rings. The van der Waals surface area contributed by atoms with E-state index in [-0.39, 0.29) is 22.8 Å². The molecule has 1 amide bonds. The van der Waals surface area contributed by atoms with Crippen LogP contribution in [0.25, 0.3) is 0 Å². The number of aromatic nitrogens is 2. The van der Waals surface area contributed by atoms with Gasteiger partial charge in [-0.2, -0.15) is 11.8 Å². The summed E-state index contributed by atoms with van der Waals surface area (Å²) in [6.07, 6.45) is 1.99. The highest BCUT2D eigenvalue weighted by Crippen LogP contribution is 2.41. The number of fused-ring (bicyclic) bond motifs is 1. The summed E-state index contributed by atoms with van der Waals surface area (Å²) >= 11 is 9.53. The maximum atomic E-state index is 12.8. The van der Waals surface area contributed by atoms with Crippen LogP contribution in [-0.4, -0.2) is 32.9 Å². The number of carbonyl (C=O) groups excluding carboxylic acids is 1. The Morgan fingerprint density at radius 3 is 2.76 bits per heavy atom. The van der Waals surface area contributed by atoms with E-state index in [1.54, 1.807) is 0 Å². The number of hydrogen-bond donors (Lipinski definition) is 2. The van der Waals surface area contributed by atoms with E-state index in [1.165, 1.54) is 11.8 Å². The molecule has 2 N–H and O–H groups in total. The van der Waals surface area contributed by atoms with Gasteiger partial charge in [0.25, 0.3) is 5.56 Å². The van der Waals surface area contributed by atoms with Gasteiger partial charge in [0, 0.05) is 5.02 Å². The van der Waals surface area contributed by atoms with Gasteiger partial charge in [0.15, 0.2) is 0 Å². The van der Waals surface area contributed by atoms with Crippen molar-refractivity contribution in [2.75, 3.05) is 22.6 Å². The maximum absolute atomic E-state index is 12.8. The van der Waals surface area contributed by atoms with Crippen molar-refractivity contribution in [1.82, 2.24) is 9.78 Å². The summed E-state index contributed by atoms with van der Waals surface area (Å²) in [7, 11) is 0. The molecule has 2 aliphatic rings. The van der Waals surface area contributed by atoms with E-state index in [2.05, 4.69) is 10.4 Å². The maximum Gasteiger partial charge on any atom is 0.270 e. The van der Waals surface area contributed by atoms with Crippen LogP contribution in [0.5, 0.6) is 0 Å². The average Bonchev–Trinajstić information content (AvgIpc) is 2.82. The first kappa shape index (κ1) is 17.1. The van der Waals surface area contributed by atoms with Crippen LogP contribution in [0.1, 0.15) is 35.3 Å². The lowest BCUT2D eigenvalue weighted by molar-refractivity contribution is -0.113. The van der Waals surface area contributed by atoms with Crippen LogP contribution in [0.3, 0.4) is 0 Å². The second-order valence-electron chi connectivity index (χ2n) is 6.21. The van der Waals surface area contributed by atoms with Gasteiger partial charge in [-0.1, -0.05) is 23.7 Å². The zero-order valence-electron chi connectivity index (χ0n) is 13.5. The van der Waals surface area contributed by atoms with Gasteiger partial charge in [-0.05, 0) is 42.0 Å². The molecule has 3 heterocycles. The Labute approximate surface area is 158 Å². The topological polar surface area (TPSA) is 66.9 Å². The quantitative estimate of drug-likeness (QED) is 0.814. The molecule has 0 unspecified atom stereocenters. The molecule has 2 aromatic rings. The van der Waals surface area contributed by atoms with Crippen molar-refractivity contribution in [2.24, 2.45) is 0 Å². The molecule has 1 atom stereocenters. The van der Waals surface area contributed by atoms with Crippen LogP contribution in [0.2, 0.25) is 5.02 Å². The van der Waals surface area contributed by atoms with Crippen molar-refractivity contribution in [3.8, 4) is 0 Å². The van der Waals surface area contributed by atoms with E-state index >= 15 is 0 Å². The summed E-state index contributed by atoms with van der Waals surface area (Å²) in [4.78, 5) is 25.0. The van der Waals surface area contributed by atoms with Gasteiger partial charge in [0.1, 0.15) is 5.82 Å². The number of nitrogens with zero attached hydrogens (tertiary/aromatic N) is 1. The first-order valence-corrected chi connectivity index (χ1v) is 10.8. The molecule has 0 aliphatic carbocycles. The summed E-state index contributed by atoms with van der Waals surface area (Å²) in [5.41, 5.74) is 1.43. The SMILES string of the molecule is O=C1CS[C@H](c2cccc(Cl)c2)c2c(n(C3CCSCC3)[nH]c2=O)N1. The Balaban J connectivity index is 1.82. The Morgan fingerprint density at radius 1 is 1.20 bits per heavy atom. The number of thioether (sulfide) groups is 2. The fraction of sp³-hybridized carbons (Fsp3) is 0.412. The van der Waals surface area contributed by atoms with E-state index < -0.39 is 0 Å². The molecule has 0 bridgehead atoms. The van der Waals surface area contributed by atoms with Crippen LogP contribution < -0.4 is 10.9 Å². The fourth-order valence-electron chi connectivity index (χ4n) is 3.39. The highest BCUT2D eigenvalue weighted by molar-refractivity contribution is 8.00. The monoisotopic (exact) mass is 395 g/mol. The molecule has 2 aliphatic heterocycles. The third kappa shape index (κ3) is 3.37. The molecule has 132 valence electrons. The van der Waals surface area contributed by atoms with Crippen molar-refractivity contribution in [1.29, 1.82) is 0 Å². The fourth-order valence-corrected chi connectivity index (χ4v) is 5.79. The zero-order chi connectivity index (χ0) is 17.4. The molecular weight excluding hydrogens is 378 g/mol. The van der Waals surface area contributed by atoms with E-state index in [0.29, 0.717) is 22.2 Å². The van der Waals surface area contributed by atoms with E-state index in [0.717, 1.165) is 29.9 Å². The lowest BCUT2D eigenvalue weighted by atomic mass is 10.1. The van der Waals surface area contributed by atoms with Crippen molar-refractivity contribution >= 4 is 46.8 Å². The van der Waals surface area contributed by atoms with Gasteiger partial charge in [-0.25, -0.2) is 0 Å². The third-order valence-electron chi connectivity index (χ3n) is 4.57. The van der Waals surface area contributed by atoms with Gasteiger partial charge in [-0.15, -0.1) is 11.8 Å². The third-order valence-corrected chi connectivity index (χ3v) is 7.13. The zero-order valence-corrected chi connectivity index (χ0v) is 15.8. The molecule has 1 saturated heterocycles. The van der Waals surface area contributed by atoms with Crippen LogP contribution >= 0.6 is 35.1 Å². The number of H-pyrrole nitrogens is 1. The molecule has 1 aromatic heterocycles. The van der Waals surface area contributed by atoms with Gasteiger partial charge < -0.3 is 5.32 Å². The number of amides is 1. The van der Waals surface area contributed by atoms with E-state index in [4.69, 9.17) is 11.6 Å². The van der Waals surface area contributed by atoms with Crippen molar-refractivity contribution in [3.63, 3.8) is 0 Å². The summed E-state index contributed by atoms with van der Waals surface area (Å²) in [5.74, 6) is 3.00. The minimum absolute atomic E-state index is 0.0753. The van der Waals surface area contributed by atoms with Crippen molar-refractivity contribution in [2.45, 2.75) is 24.1 Å². The molecule has 8 heteroatoms. The minimum atomic E-state index is -0.212. The van der Waals surface area contributed by atoms with E-state index in [1.807, 2.05) is 40.7 Å². The molecular formula is C17H18ClN3O2S2. The summed E-state index contributed by atoms with van der Waals surface area (Å²) in [5, 5.41) is 6.35. The average molecular weight is 396 g/mol. The molecule has 1 aromatic carbocycles. The number of rotatable bonds is 2. The predicted molar refractivity (Wildman–Crippen MR) is 105 cm³/mol. The van der Waals surface area contributed by atoms with Crippen molar-refractivity contribution in [3.05, 3.63) is 50.8 Å². The normalized spacial score (nSPS) is 21.5. The number of anilines is 1. The smallest absolute Gasteiger partial charge is 0.270 e. The van der Waals surface area contributed by atoms with Gasteiger partial charge in [0.05, 0.1) is 22.6 Å². The van der Waals surface area contributed by atoms with Crippen LogP contribution in [-0.2, 0) is 4.79 Å². The molecule has 25 heavy (non-hydrogen) atoms. The predicted octanol–water partition coefficient (Wildman–Crippen LogP) is 3.67. The van der Waals surface area contributed by atoms with Crippen LogP contribution in [0, 0.1) is 0 Å². The van der Waals surface area contributed by atoms with E-state index in [9.17, 15) is 9.59 Å². The first-order chi connectivity index (χ1) is 12.1. The standard InChI is InChI=1S/C17H18ClN3O2S2/c18-11-3-1-2-10(8-11)15-14-16(19-13(22)9-25-15)21(20-17(14)23)12-4-6-24-7-5-12/h1-3,8,12,15H,4-7,9H2,(H,19,22)(H,20,23)/t15-/m1/s1. The first-order valence-electron chi connectivity index (χ1n) is 8.22. The van der Waals surface area contributed by atoms with Crippen LogP contribution in [0.15, 0.2) is 29.1 Å². The number of halogens is 1. The second kappa shape index (κ2) is 7.13. The number of aromatic amines is 1. The molecule has 0 spiro atoms. The number of hydrogen-bond acceptors (Lipinski definition) is 4. The Hall–Kier alpha value is -1.31. The summed E-state index contributed by atoms with van der Waals surface area (Å²) in [6.45, 7) is 0. The largest absolute Gasteiger partial charge is 0.310 e. The molecule has 5 nitrogen and oxygen atoms in total. The van der Waals surface area contributed by atoms with Crippen LogP contribution in [0.4, 0.5) is 5.82 Å². The number of carbonyl (C=O) groups is 1. The minimum Gasteiger partial charge on any atom is -0.310 e. The lowest BCUT2D eigenvalue weighted by Gasteiger charge is -2.24. The summed E-state index contributed by atoms with van der Waals surface area (Å²) in [6, 6.07) is 7.73. The summed E-state index contributed by atoms with van der Waals surface area (Å²) < 4.78 is 1.89. The van der Waals surface area contributed by atoms with Gasteiger partial charge in [0.2, 0.25) is 5.91 Å². The highest BCUT2D eigenvalue weighted by atomic mass is 35.5. The number of benzene rings is 1. The van der Waals surface area contributed by atoms with Crippen molar-refractivity contribution < 1.29 is 4.79 Å². The number of nitrogens with one attached hydrogen (secondary N) is 2. The van der Waals surface area contributed by atoms with Gasteiger partial charge >= 0.3 is 0 Å². The lowest BCUT2D eigenvalue weighted by Crippen LogP contribution is -2.22. The molecule has 4 rings (SSSR count). The Morgan fingerprint density at radius 2 is 2.00 bits per heavy atom. The molecule has 0 radical (unpaired) electrons. The Bertz CT molecular complexity index is 858. The Kier molecular flexibility index (Phi) is 4.88. The molecule has 0 saturated carbocycles. The highest BCUT2D eigenvalue weighted by Gasteiger charge is 2.32. The van der Waals surface area contributed by atoms with Gasteiger partial charge in [-0.3, -0.25) is 19.4 Å².